The third-order valence-corrected chi connectivity index (χ3v) is 6.83. The maximum atomic E-state index is 13.1. The molecule has 31 heavy (non-hydrogen) atoms. The molecule has 2 aromatic carbocycles. The fourth-order valence-electron chi connectivity index (χ4n) is 3.80. The molecular formula is C24H27N3O3S. The number of nitrogens with zero attached hydrogens (tertiary/aromatic N) is 2. The molecule has 6 nitrogen and oxygen atoms in total. The van der Waals surface area contributed by atoms with Crippen LogP contribution in [0.2, 0.25) is 0 Å². The number of aryl methyl sites for hydroxylation is 1. The van der Waals surface area contributed by atoms with E-state index in [4.69, 9.17) is 4.74 Å². The second-order valence-corrected chi connectivity index (χ2v) is 8.62. The van der Waals surface area contributed by atoms with Gasteiger partial charge in [-0.1, -0.05) is 18.2 Å². The average Bonchev–Trinajstić information content (AvgIpc) is 3.15. The Bertz CT molecular complexity index is 1070. The maximum absolute atomic E-state index is 13.1. The SMILES string of the molecule is CCN(CC(=O)Nc1ccc(N2CCOCC2)cc1)C(=O)c1sc2ccccc2c1C. The standard InChI is InChI=1S/C24H27N3O3S/c1-3-26(24(29)23-17(2)20-6-4-5-7-21(20)31-23)16-22(28)25-18-8-10-19(11-9-18)27-12-14-30-15-13-27/h4-11H,3,12-16H2,1-2H3,(H,25,28). The summed E-state index contributed by atoms with van der Waals surface area (Å²) in [5, 5.41) is 4.01. The molecule has 2 amide bonds. The highest BCUT2D eigenvalue weighted by atomic mass is 32.1. The van der Waals surface area contributed by atoms with Crippen LogP contribution in [0, 0.1) is 6.92 Å². The molecule has 3 aromatic rings. The van der Waals surface area contributed by atoms with Gasteiger partial charge in [0.25, 0.3) is 5.91 Å². The lowest BCUT2D eigenvalue weighted by Gasteiger charge is -2.29. The molecule has 0 atom stereocenters. The van der Waals surface area contributed by atoms with E-state index in [9.17, 15) is 9.59 Å². The first-order valence-corrected chi connectivity index (χ1v) is 11.4. The van der Waals surface area contributed by atoms with Gasteiger partial charge in [0.05, 0.1) is 18.1 Å². The van der Waals surface area contributed by atoms with Crippen molar-refractivity contribution in [3.8, 4) is 0 Å². The third-order valence-electron chi connectivity index (χ3n) is 5.57. The molecule has 1 aliphatic rings. The molecule has 0 saturated carbocycles. The van der Waals surface area contributed by atoms with Crippen molar-refractivity contribution < 1.29 is 14.3 Å². The van der Waals surface area contributed by atoms with Crippen molar-refractivity contribution in [3.63, 3.8) is 0 Å². The lowest BCUT2D eigenvalue weighted by molar-refractivity contribution is -0.116. The number of fused-ring (bicyclic) bond motifs is 1. The quantitative estimate of drug-likeness (QED) is 0.629. The van der Waals surface area contributed by atoms with Gasteiger partial charge in [-0.25, -0.2) is 0 Å². The molecule has 0 unspecified atom stereocenters. The number of hydrogen-bond donors (Lipinski definition) is 1. The van der Waals surface area contributed by atoms with E-state index in [0.717, 1.165) is 53.3 Å². The van der Waals surface area contributed by atoms with Crippen LogP contribution in [-0.4, -0.2) is 56.1 Å². The normalized spacial score (nSPS) is 13.9. The number of hydrogen-bond acceptors (Lipinski definition) is 5. The number of thiophene rings is 1. The second-order valence-electron chi connectivity index (χ2n) is 7.57. The summed E-state index contributed by atoms with van der Waals surface area (Å²) in [5.41, 5.74) is 2.82. The first-order chi connectivity index (χ1) is 15.1. The highest BCUT2D eigenvalue weighted by molar-refractivity contribution is 7.21. The van der Waals surface area contributed by atoms with Crippen molar-refractivity contribution >= 4 is 44.6 Å². The van der Waals surface area contributed by atoms with Crippen molar-refractivity contribution in [2.24, 2.45) is 0 Å². The van der Waals surface area contributed by atoms with Crippen molar-refractivity contribution in [1.82, 2.24) is 4.90 Å². The van der Waals surface area contributed by atoms with E-state index in [0.29, 0.717) is 11.4 Å². The molecule has 0 radical (unpaired) electrons. The average molecular weight is 438 g/mol. The zero-order chi connectivity index (χ0) is 21.8. The van der Waals surface area contributed by atoms with Gasteiger partial charge >= 0.3 is 0 Å². The summed E-state index contributed by atoms with van der Waals surface area (Å²) in [7, 11) is 0. The van der Waals surface area contributed by atoms with E-state index in [1.807, 2.05) is 62.4 Å². The number of carbonyl (C=O) groups excluding carboxylic acids is 2. The van der Waals surface area contributed by atoms with Gasteiger partial charge in [0.2, 0.25) is 5.91 Å². The molecule has 1 fully saturated rings. The number of carbonyl (C=O) groups is 2. The Morgan fingerprint density at radius 1 is 1.10 bits per heavy atom. The van der Waals surface area contributed by atoms with E-state index < -0.39 is 0 Å². The van der Waals surface area contributed by atoms with Gasteiger partial charge in [-0.2, -0.15) is 0 Å². The number of benzene rings is 2. The van der Waals surface area contributed by atoms with Crippen LogP contribution in [0.3, 0.4) is 0 Å². The predicted molar refractivity (Wildman–Crippen MR) is 126 cm³/mol. The molecule has 1 aromatic heterocycles. The van der Waals surface area contributed by atoms with Crippen molar-refractivity contribution in [3.05, 3.63) is 59.0 Å². The zero-order valence-corrected chi connectivity index (χ0v) is 18.7. The van der Waals surface area contributed by atoms with Crippen LogP contribution in [0.25, 0.3) is 10.1 Å². The zero-order valence-electron chi connectivity index (χ0n) is 17.9. The molecule has 7 heteroatoms. The second kappa shape index (κ2) is 9.49. The molecule has 2 heterocycles. The smallest absolute Gasteiger partial charge is 0.264 e. The number of rotatable bonds is 6. The van der Waals surface area contributed by atoms with Crippen molar-refractivity contribution in [2.45, 2.75) is 13.8 Å². The number of amides is 2. The van der Waals surface area contributed by atoms with Crippen LogP contribution < -0.4 is 10.2 Å². The van der Waals surface area contributed by atoms with Crippen LogP contribution in [0.15, 0.2) is 48.5 Å². The highest BCUT2D eigenvalue weighted by Gasteiger charge is 2.22. The van der Waals surface area contributed by atoms with Crippen LogP contribution in [0.4, 0.5) is 11.4 Å². The molecule has 162 valence electrons. The Morgan fingerprint density at radius 2 is 1.81 bits per heavy atom. The first kappa shape index (κ1) is 21.3. The fraction of sp³-hybridized carbons (Fsp3) is 0.333. The lowest BCUT2D eigenvalue weighted by Crippen LogP contribution is -2.37. The molecule has 1 aliphatic heterocycles. The molecular weight excluding hydrogens is 410 g/mol. The van der Waals surface area contributed by atoms with Crippen LogP contribution in [-0.2, 0) is 9.53 Å². The van der Waals surface area contributed by atoms with Gasteiger partial charge in [-0.05, 0) is 55.1 Å². The maximum Gasteiger partial charge on any atom is 0.264 e. The van der Waals surface area contributed by atoms with Gasteiger partial charge in [0.15, 0.2) is 0 Å². The number of ether oxygens (including phenoxy) is 1. The monoisotopic (exact) mass is 437 g/mol. The van der Waals surface area contributed by atoms with E-state index in [-0.39, 0.29) is 18.4 Å². The van der Waals surface area contributed by atoms with Crippen molar-refractivity contribution in [2.75, 3.05) is 49.6 Å². The summed E-state index contributed by atoms with van der Waals surface area (Å²) in [4.78, 5) is 30.3. The Labute approximate surface area is 186 Å². The minimum atomic E-state index is -0.201. The molecule has 0 aliphatic carbocycles. The van der Waals surface area contributed by atoms with Gasteiger partial charge in [0.1, 0.15) is 6.54 Å². The van der Waals surface area contributed by atoms with E-state index in [1.165, 1.54) is 11.3 Å². The minimum Gasteiger partial charge on any atom is -0.378 e. The molecule has 4 rings (SSSR count). The number of nitrogens with one attached hydrogen (secondary N) is 1. The summed E-state index contributed by atoms with van der Waals surface area (Å²) in [6.07, 6.45) is 0. The van der Waals surface area contributed by atoms with Crippen LogP contribution in [0.1, 0.15) is 22.2 Å². The summed E-state index contributed by atoms with van der Waals surface area (Å²) in [5.74, 6) is -0.299. The molecule has 0 spiro atoms. The lowest BCUT2D eigenvalue weighted by atomic mass is 10.1. The van der Waals surface area contributed by atoms with Gasteiger partial charge in [-0.15, -0.1) is 11.3 Å². The third kappa shape index (κ3) is 4.73. The highest BCUT2D eigenvalue weighted by Crippen LogP contribution is 2.31. The van der Waals surface area contributed by atoms with Gasteiger partial charge < -0.3 is 19.9 Å². The Balaban J connectivity index is 1.40. The van der Waals surface area contributed by atoms with Crippen LogP contribution >= 0.6 is 11.3 Å². The van der Waals surface area contributed by atoms with Gasteiger partial charge in [0, 0.05) is 35.7 Å². The Morgan fingerprint density at radius 3 is 2.48 bits per heavy atom. The predicted octanol–water partition coefficient (Wildman–Crippen LogP) is 4.15. The molecule has 0 bridgehead atoms. The van der Waals surface area contributed by atoms with E-state index in [2.05, 4.69) is 10.2 Å². The number of anilines is 2. The van der Waals surface area contributed by atoms with E-state index in [1.54, 1.807) is 4.90 Å². The van der Waals surface area contributed by atoms with Gasteiger partial charge in [-0.3, -0.25) is 9.59 Å². The number of morpholine rings is 1. The Hall–Kier alpha value is -2.90. The summed E-state index contributed by atoms with van der Waals surface area (Å²) < 4.78 is 6.48. The number of likely N-dealkylation sites (N-methyl/N-ethyl adjacent to an activating group) is 1. The topological polar surface area (TPSA) is 61.9 Å². The first-order valence-electron chi connectivity index (χ1n) is 10.6. The fourth-order valence-corrected chi connectivity index (χ4v) is 4.98. The minimum absolute atomic E-state index is 0.0221. The molecule has 1 N–H and O–H groups in total. The Kier molecular flexibility index (Phi) is 6.53. The summed E-state index contributed by atoms with van der Waals surface area (Å²) in [6.45, 7) is 7.56. The summed E-state index contributed by atoms with van der Waals surface area (Å²) >= 11 is 1.49. The molecule has 1 saturated heterocycles. The summed E-state index contributed by atoms with van der Waals surface area (Å²) in [6, 6.07) is 15.8. The largest absolute Gasteiger partial charge is 0.378 e. The van der Waals surface area contributed by atoms with E-state index >= 15 is 0 Å². The van der Waals surface area contributed by atoms with Crippen molar-refractivity contribution in [1.29, 1.82) is 0 Å². The van der Waals surface area contributed by atoms with Crippen LogP contribution in [0.5, 0.6) is 0 Å².